The van der Waals surface area contributed by atoms with Gasteiger partial charge < -0.3 is 5.32 Å². The Bertz CT molecular complexity index is 653. The van der Waals surface area contributed by atoms with Gasteiger partial charge in [0.05, 0.1) is 16.8 Å². The second-order valence-corrected chi connectivity index (χ2v) is 6.64. The number of carbonyl (C=O) groups excluding carboxylic acids is 1. The molecule has 0 saturated carbocycles. The van der Waals surface area contributed by atoms with E-state index in [0.29, 0.717) is 16.4 Å². The maximum atomic E-state index is 12.1. The van der Waals surface area contributed by atoms with E-state index in [4.69, 9.17) is 11.6 Å². The van der Waals surface area contributed by atoms with Gasteiger partial charge in [-0.15, -0.1) is 0 Å². The molecule has 1 amide bonds. The zero-order valence-electron chi connectivity index (χ0n) is 10.4. The molecule has 20 heavy (non-hydrogen) atoms. The zero-order chi connectivity index (χ0) is 14.7. The molecule has 1 unspecified atom stereocenters. The van der Waals surface area contributed by atoms with Gasteiger partial charge in [0, 0.05) is 20.4 Å². The Labute approximate surface area is 143 Å². The van der Waals surface area contributed by atoms with Crippen molar-refractivity contribution in [3.05, 3.63) is 55.0 Å². The van der Waals surface area contributed by atoms with Crippen molar-refractivity contribution < 1.29 is 4.79 Å². The summed E-state index contributed by atoms with van der Waals surface area (Å²) in [6, 6.07) is 4.99. The first kappa shape index (κ1) is 15.7. The molecule has 2 heterocycles. The number of aromatic nitrogens is 2. The van der Waals surface area contributed by atoms with Gasteiger partial charge in [0.25, 0.3) is 5.91 Å². The van der Waals surface area contributed by atoms with Crippen LogP contribution in [0.25, 0.3) is 0 Å². The molecule has 0 aliphatic heterocycles. The molecule has 0 radical (unpaired) electrons. The summed E-state index contributed by atoms with van der Waals surface area (Å²) >= 11 is 11.5. The van der Waals surface area contributed by atoms with Crippen LogP contribution < -0.4 is 5.32 Å². The number of hydrogen-bond donors (Lipinski definition) is 1. The Morgan fingerprint density at radius 3 is 2.85 bits per heavy atom. The van der Waals surface area contributed by atoms with Gasteiger partial charge in [0.2, 0.25) is 0 Å². The first-order chi connectivity index (χ1) is 9.47. The van der Waals surface area contributed by atoms with E-state index in [2.05, 4.69) is 53.8 Å². The summed E-state index contributed by atoms with van der Waals surface area (Å²) in [5.41, 5.74) is 0.992. The second kappa shape index (κ2) is 6.82. The molecule has 0 aliphatic carbocycles. The minimum absolute atomic E-state index is 0.253. The Balaban J connectivity index is 2.15. The average Bonchev–Trinajstić information content (AvgIpc) is 2.38. The molecule has 2 aromatic rings. The third-order valence-corrected chi connectivity index (χ3v) is 3.96. The number of nitrogens with zero attached hydrogens (tertiary/aromatic N) is 2. The lowest BCUT2D eigenvalue weighted by atomic mass is 10.2. The molecule has 0 bridgehead atoms. The van der Waals surface area contributed by atoms with Crippen LogP contribution >= 0.6 is 50.1 Å². The molecule has 1 atom stereocenters. The van der Waals surface area contributed by atoms with Crippen LogP contribution in [0.3, 0.4) is 0 Å². The number of rotatable bonds is 3. The van der Waals surface area contributed by atoms with Crippen LogP contribution in [0.1, 0.15) is 29.1 Å². The molecule has 1 N–H and O–H groups in total. The summed E-state index contributed by atoms with van der Waals surface area (Å²) in [7, 11) is 0. The monoisotopic (exact) mass is 465 g/mol. The smallest absolute Gasteiger partial charge is 0.270 e. The number of nitrogens with one attached hydrogen (secondary N) is 1. The fourth-order valence-electron chi connectivity index (χ4n) is 1.61. The van der Waals surface area contributed by atoms with Gasteiger partial charge in [0.15, 0.2) is 0 Å². The van der Waals surface area contributed by atoms with Gasteiger partial charge in [-0.1, -0.05) is 11.6 Å². The number of pyridine rings is 2. The summed E-state index contributed by atoms with van der Waals surface area (Å²) < 4.78 is 1.75. The summed E-state index contributed by atoms with van der Waals surface area (Å²) in [6.45, 7) is 1.83. The number of amides is 1. The standard InChI is InChI=1S/C13H10BrClIN3O/c1-7(12-10(15)4-8(14)6-18-12)19-13(20)11-5-9(16)2-3-17-11/h2-7H,1H3,(H,19,20). The minimum atomic E-state index is -0.303. The average molecular weight is 467 g/mol. The molecule has 4 nitrogen and oxygen atoms in total. The lowest BCUT2D eigenvalue weighted by Crippen LogP contribution is -2.28. The van der Waals surface area contributed by atoms with E-state index in [-0.39, 0.29) is 11.9 Å². The van der Waals surface area contributed by atoms with Gasteiger partial charge in [-0.05, 0) is 63.6 Å². The maximum Gasteiger partial charge on any atom is 0.270 e. The van der Waals surface area contributed by atoms with Crippen LogP contribution in [0, 0.1) is 3.57 Å². The van der Waals surface area contributed by atoms with Crippen molar-refractivity contribution in [3.8, 4) is 0 Å². The maximum absolute atomic E-state index is 12.1. The van der Waals surface area contributed by atoms with Gasteiger partial charge in [-0.2, -0.15) is 0 Å². The van der Waals surface area contributed by atoms with Crippen LogP contribution in [0.2, 0.25) is 5.02 Å². The molecule has 0 aliphatic rings. The largest absolute Gasteiger partial charge is 0.343 e. The molecule has 0 fully saturated rings. The topological polar surface area (TPSA) is 54.9 Å². The third-order valence-electron chi connectivity index (χ3n) is 2.55. The lowest BCUT2D eigenvalue weighted by Gasteiger charge is -2.14. The molecule has 2 rings (SSSR count). The highest BCUT2D eigenvalue weighted by Gasteiger charge is 2.16. The Hall–Kier alpha value is -0.730. The fourth-order valence-corrected chi connectivity index (χ4v) is 2.86. The summed E-state index contributed by atoms with van der Waals surface area (Å²) in [5.74, 6) is -0.253. The molecule has 104 valence electrons. The number of hydrogen-bond acceptors (Lipinski definition) is 3. The second-order valence-electron chi connectivity index (χ2n) is 4.08. The number of halogens is 3. The third kappa shape index (κ3) is 3.89. The van der Waals surface area contributed by atoms with E-state index in [1.165, 1.54) is 0 Å². The fraction of sp³-hybridized carbons (Fsp3) is 0.154. The lowest BCUT2D eigenvalue weighted by molar-refractivity contribution is 0.0934. The highest BCUT2D eigenvalue weighted by molar-refractivity contribution is 14.1. The van der Waals surface area contributed by atoms with Crippen LogP contribution in [-0.4, -0.2) is 15.9 Å². The highest BCUT2D eigenvalue weighted by Crippen LogP contribution is 2.24. The first-order valence-corrected chi connectivity index (χ1v) is 7.95. The van der Waals surface area contributed by atoms with Crippen molar-refractivity contribution >= 4 is 56.0 Å². The van der Waals surface area contributed by atoms with Crippen LogP contribution in [0.15, 0.2) is 35.1 Å². The van der Waals surface area contributed by atoms with Crippen LogP contribution in [0.4, 0.5) is 0 Å². The molecular weight excluding hydrogens is 456 g/mol. The summed E-state index contributed by atoms with van der Waals surface area (Å²) in [6.07, 6.45) is 3.25. The van der Waals surface area contributed by atoms with Gasteiger partial charge >= 0.3 is 0 Å². The van der Waals surface area contributed by atoms with Gasteiger partial charge in [0.1, 0.15) is 5.69 Å². The van der Waals surface area contributed by atoms with Crippen molar-refractivity contribution in [2.75, 3.05) is 0 Å². The predicted molar refractivity (Wildman–Crippen MR) is 89.8 cm³/mol. The van der Waals surface area contributed by atoms with Crippen molar-refractivity contribution in [1.29, 1.82) is 0 Å². The quantitative estimate of drug-likeness (QED) is 0.697. The SMILES string of the molecule is CC(NC(=O)c1cc(I)ccn1)c1ncc(Br)cc1Cl. The van der Waals surface area contributed by atoms with Gasteiger partial charge in [-0.25, -0.2) is 0 Å². The van der Waals surface area contributed by atoms with E-state index in [1.54, 1.807) is 24.5 Å². The molecule has 2 aromatic heterocycles. The van der Waals surface area contributed by atoms with E-state index in [0.717, 1.165) is 8.04 Å². The zero-order valence-corrected chi connectivity index (χ0v) is 14.9. The normalized spacial score (nSPS) is 12.0. The molecule has 0 aromatic carbocycles. The summed E-state index contributed by atoms with van der Waals surface area (Å²) in [4.78, 5) is 20.4. The van der Waals surface area contributed by atoms with E-state index >= 15 is 0 Å². The van der Waals surface area contributed by atoms with Crippen LogP contribution in [-0.2, 0) is 0 Å². The van der Waals surface area contributed by atoms with Crippen molar-refractivity contribution in [1.82, 2.24) is 15.3 Å². The van der Waals surface area contributed by atoms with E-state index < -0.39 is 0 Å². The van der Waals surface area contributed by atoms with E-state index in [1.807, 2.05) is 13.0 Å². The Kier molecular flexibility index (Phi) is 5.34. The minimum Gasteiger partial charge on any atom is -0.343 e. The van der Waals surface area contributed by atoms with Crippen molar-refractivity contribution in [3.63, 3.8) is 0 Å². The van der Waals surface area contributed by atoms with E-state index in [9.17, 15) is 4.79 Å². The molecule has 0 spiro atoms. The Morgan fingerprint density at radius 2 is 2.20 bits per heavy atom. The highest BCUT2D eigenvalue weighted by atomic mass is 127. The van der Waals surface area contributed by atoms with Crippen molar-refractivity contribution in [2.45, 2.75) is 13.0 Å². The molecule has 7 heteroatoms. The van der Waals surface area contributed by atoms with Crippen molar-refractivity contribution in [2.24, 2.45) is 0 Å². The first-order valence-electron chi connectivity index (χ1n) is 5.70. The van der Waals surface area contributed by atoms with Gasteiger partial charge in [-0.3, -0.25) is 14.8 Å². The summed E-state index contributed by atoms with van der Waals surface area (Å²) in [5, 5.41) is 3.34. The molecular formula is C13H10BrClIN3O. The molecule has 0 saturated heterocycles. The predicted octanol–water partition coefficient (Wildman–Crippen LogP) is 3.99. The Morgan fingerprint density at radius 1 is 1.45 bits per heavy atom. The number of carbonyl (C=O) groups is 1. The van der Waals surface area contributed by atoms with Crippen LogP contribution in [0.5, 0.6) is 0 Å².